The molecule has 5 heteroatoms. The molecule has 1 fully saturated rings. The summed E-state index contributed by atoms with van der Waals surface area (Å²) in [7, 11) is 3.93. The third-order valence-corrected chi connectivity index (χ3v) is 6.76. The van der Waals surface area contributed by atoms with Gasteiger partial charge in [-0.25, -0.2) is 0 Å². The van der Waals surface area contributed by atoms with Gasteiger partial charge in [0, 0.05) is 49.7 Å². The number of nitrogens with zero attached hydrogens (tertiary/aromatic N) is 2. The lowest BCUT2D eigenvalue weighted by molar-refractivity contribution is -0.107. The van der Waals surface area contributed by atoms with E-state index in [1.54, 1.807) is 0 Å². The van der Waals surface area contributed by atoms with Crippen molar-refractivity contribution < 1.29 is 9.59 Å². The molecule has 0 radical (unpaired) electrons. The van der Waals surface area contributed by atoms with Crippen molar-refractivity contribution in [3.8, 4) is 11.1 Å². The molecule has 0 saturated heterocycles. The van der Waals surface area contributed by atoms with Crippen LogP contribution in [0.4, 0.5) is 0 Å². The lowest BCUT2D eigenvalue weighted by Gasteiger charge is -2.40. The number of hydrogen-bond acceptors (Lipinski definition) is 3. The van der Waals surface area contributed by atoms with E-state index < -0.39 is 0 Å². The maximum atomic E-state index is 13.4. The monoisotopic (exact) mass is 417 g/mol. The molecular formula is C26H31N3O2. The second-order valence-corrected chi connectivity index (χ2v) is 8.71. The number of amides is 1. The van der Waals surface area contributed by atoms with Crippen molar-refractivity contribution in [2.45, 2.75) is 44.7 Å². The number of fused-ring (bicyclic) bond motifs is 1. The van der Waals surface area contributed by atoms with Crippen molar-refractivity contribution in [2.75, 3.05) is 13.6 Å². The van der Waals surface area contributed by atoms with Crippen molar-refractivity contribution in [1.82, 2.24) is 14.8 Å². The maximum absolute atomic E-state index is 13.4. The van der Waals surface area contributed by atoms with E-state index >= 15 is 0 Å². The first-order valence-electron chi connectivity index (χ1n) is 11.1. The minimum absolute atomic E-state index is 0.0219. The van der Waals surface area contributed by atoms with Crippen molar-refractivity contribution in [1.29, 1.82) is 0 Å². The Morgan fingerprint density at radius 2 is 1.94 bits per heavy atom. The zero-order valence-corrected chi connectivity index (χ0v) is 18.6. The molecule has 1 saturated carbocycles. The Morgan fingerprint density at radius 1 is 1.16 bits per heavy atom. The molecule has 5 nitrogen and oxygen atoms in total. The van der Waals surface area contributed by atoms with Gasteiger partial charge in [0.1, 0.15) is 6.29 Å². The van der Waals surface area contributed by atoms with Gasteiger partial charge < -0.3 is 14.3 Å². The molecule has 0 unspecified atom stereocenters. The van der Waals surface area contributed by atoms with Gasteiger partial charge in [-0.1, -0.05) is 12.1 Å². The number of aromatic nitrogens is 1. The van der Waals surface area contributed by atoms with Crippen LogP contribution in [0.15, 0.2) is 48.7 Å². The fourth-order valence-electron chi connectivity index (χ4n) is 4.91. The molecule has 0 spiro atoms. The molecule has 3 aromatic rings. The van der Waals surface area contributed by atoms with Crippen LogP contribution in [-0.2, 0) is 11.8 Å². The average Bonchev–Trinajstić information content (AvgIpc) is 3.40. The first-order valence-corrected chi connectivity index (χ1v) is 11.1. The standard InChI is InChI=1S/C26H31N3O2/c1-19-17-22(25(31)29(3)26(12-4-5-13-26)27-14-6-16-30)7-9-23(19)20-8-10-24-21(18-20)11-15-28(24)2/h7-11,15-18,27H,4-6,12-14H2,1-3H3. The van der Waals surface area contributed by atoms with E-state index in [0.29, 0.717) is 18.5 Å². The van der Waals surface area contributed by atoms with Crippen molar-refractivity contribution in [3.63, 3.8) is 0 Å². The molecule has 162 valence electrons. The largest absolute Gasteiger partial charge is 0.351 e. The molecule has 4 rings (SSSR count). The second-order valence-electron chi connectivity index (χ2n) is 8.71. The lowest BCUT2D eigenvalue weighted by atomic mass is 9.96. The zero-order chi connectivity index (χ0) is 22.0. The van der Waals surface area contributed by atoms with Crippen LogP contribution in [0.1, 0.15) is 48.0 Å². The van der Waals surface area contributed by atoms with Crippen LogP contribution >= 0.6 is 0 Å². The number of aryl methyl sites for hydroxylation is 2. The molecule has 1 aromatic heterocycles. The lowest BCUT2D eigenvalue weighted by Crippen LogP contribution is -2.57. The molecule has 1 aliphatic carbocycles. The minimum atomic E-state index is -0.356. The van der Waals surface area contributed by atoms with Crippen LogP contribution in [0.25, 0.3) is 22.0 Å². The third-order valence-electron chi connectivity index (χ3n) is 6.76. The van der Waals surface area contributed by atoms with Gasteiger partial charge in [0.2, 0.25) is 0 Å². The summed E-state index contributed by atoms with van der Waals surface area (Å²) in [6.07, 6.45) is 7.47. The topological polar surface area (TPSA) is 54.3 Å². The smallest absolute Gasteiger partial charge is 0.255 e. The van der Waals surface area contributed by atoms with Gasteiger partial charge in [0.15, 0.2) is 0 Å². The van der Waals surface area contributed by atoms with Crippen LogP contribution < -0.4 is 5.32 Å². The normalized spacial score (nSPS) is 15.3. The predicted molar refractivity (Wildman–Crippen MR) is 125 cm³/mol. The van der Waals surface area contributed by atoms with Gasteiger partial charge >= 0.3 is 0 Å². The van der Waals surface area contributed by atoms with Gasteiger partial charge in [-0.2, -0.15) is 0 Å². The number of benzene rings is 2. The summed E-state index contributed by atoms with van der Waals surface area (Å²) in [4.78, 5) is 26.0. The summed E-state index contributed by atoms with van der Waals surface area (Å²) in [5, 5.41) is 4.70. The van der Waals surface area contributed by atoms with Crippen molar-refractivity contribution in [2.24, 2.45) is 7.05 Å². The fourth-order valence-corrected chi connectivity index (χ4v) is 4.91. The molecule has 0 aliphatic heterocycles. The molecule has 2 aromatic carbocycles. The number of carbonyl (C=O) groups excluding carboxylic acids is 2. The van der Waals surface area contributed by atoms with Gasteiger partial charge in [-0.05, 0) is 79.6 Å². The van der Waals surface area contributed by atoms with E-state index in [0.717, 1.165) is 48.7 Å². The van der Waals surface area contributed by atoms with Gasteiger partial charge in [-0.15, -0.1) is 0 Å². The first-order chi connectivity index (χ1) is 14.9. The van der Waals surface area contributed by atoms with E-state index in [1.165, 1.54) is 10.9 Å². The number of carbonyl (C=O) groups is 2. The Kier molecular flexibility index (Phi) is 5.96. The van der Waals surface area contributed by atoms with E-state index in [2.05, 4.69) is 60.4 Å². The summed E-state index contributed by atoms with van der Waals surface area (Å²) >= 11 is 0. The summed E-state index contributed by atoms with van der Waals surface area (Å²) in [5.74, 6) is 0.0219. The zero-order valence-electron chi connectivity index (χ0n) is 18.6. The second kappa shape index (κ2) is 8.67. The highest BCUT2D eigenvalue weighted by atomic mass is 16.2. The summed E-state index contributed by atoms with van der Waals surface area (Å²) in [5.41, 5.74) is 4.94. The SMILES string of the molecule is Cc1cc(C(=O)N(C)C2(NCCC=O)CCCC2)ccc1-c1ccc2c(ccn2C)c1. The predicted octanol–water partition coefficient (Wildman–Crippen LogP) is 4.67. The van der Waals surface area contributed by atoms with Crippen LogP contribution in [0.2, 0.25) is 0 Å². The van der Waals surface area contributed by atoms with Crippen LogP contribution in [0.3, 0.4) is 0 Å². The van der Waals surface area contributed by atoms with Gasteiger partial charge in [-0.3, -0.25) is 10.1 Å². The fraction of sp³-hybridized carbons (Fsp3) is 0.385. The summed E-state index contributed by atoms with van der Waals surface area (Å²) in [6.45, 7) is 2.66. The molecular weight excluding hydrogens is 386 g/mol. The highest BCUT2D eigenvalue weighted by molar-refractivity contribution is 5.96. The molecule has 1 N–H and O–H groups in total. The molecule has 0 atom stereocenters. The van der Waals surface area contributed by atoms with Crippen molar-refractivity contribution in [3.05, 3.63) is 59.8 Å². The Bertz CT molecular complexity index is 1110. The minimum Gasteiger partial charge on any atom is -0.351 e. The van der Waals surface area contributed by atoms with E-state index in [4.69, 9.17) is 0 Å². The summed E-state index contributed by atoms with van der Waals surface area (Å²) in [6, 6.07) is 14.6. The van der Waals surface area contributed by atoms with Crippen LogP contribution in [0.5, 0.6) is 0 Å². The van der Waals surface area contributed by atoms with E-state index in [1.807, 2.05) is 24.1 Å². The quantitative estimate of drug-likeness (QED) is 0.345. The maximum Gasteiger partial charge on any atom is 0.255 e. The molecule has 1 heterocycles. The van der Waals surface area contributed by atoms with E-state index in [9.17, 15) is 9.59 Å². The van der Waals surface area contributed by atoms with Crippen LogP contribution in [-0.4, -0.2) is 40.9 Å². The Hall–Kier alpha value is -2.92. The Balaban J connectivity index is 1.58. The van der Waals surface area contributed by atoms with E-state index in [-0.39, 0.29) is 11.6 Å². The summed E-state index contributed by atoms with van der Waals surface area (Å²) < 4.78 is 2.12. The van der Waals surface area contributed by atoms with Crippen molar-refractivity contribution >= 4 is 23.1 Å². The number of hydrogen-bond donors (Lipinski definition) is 1. The highest BCUT2D eigenvalue weighted by Gasteiger charge is 2.39. The van der Waals surface area contributed by atoms with Crippen LogP contribution in [0, 0.1) is 6.92 Å². The number of aldehydes is 1. The molecule has 1 aliphatic rings. The Morgan fingerprint density at radius 3 is 2.65 bits per heavy atom. The highest BCUT2D eigenvalue weighted by Crippen LogP contribution is 2.34. The first kappa shape index (κ1) is 21.3. The average molecular weight is 418 g/mol. The molecule has 0 bridgehead atoms. The van der Waals surface area contributed by atoms with Gasteiger partial charge in [0.25, 0.3) is 5.91 Å². The molecule has 1 amide bonds. The Labute approximate surface area is 184 Å². The van der Waals surface area contributed by atoms with Gasteiger partial charge in [0.05, 0.1) is 5.66 Å². The number of rotatable bonds is 7. The number of nitrogens with one attached hydrogen (secondary N) is 1. The molecule has 31 heavy (non-hydrogen) atoms. The third kappa shape index (κ3) is 4.02.